The van der Waals surface area contributed by atoms with E-state index in [1.54, 1.807) is 5.56 Å². The number of thioether (sulfide) groups is 1. The highest BCUT2D eigenvalue weighted by Crippen LogP contribution is 2.38. The van der Waals surface area contributed by atoms with Crippen molar-refractivity contribution in [3.8, 4) is 0 Å². The van der Waals surface area contributed by atoms with Crippen LogP contribution in [-0.4, -0.2) is 5.75 Å². The van der Waals surface area contributed by atoms with Gasteiger partial charge in [-0.1, -0.05) is 42.5 Å². The average molecular weight is 236 g/mol. The van der Waals surface area contributed by atoms with E-state index in [0.717, 1.165) is 0 Å². The Labute approximate surface area is 105 Å². The fourth-order valence-corrected chi connectivity index (χ4v) is 3.86. The third kappa shape index (κ3) is 1.32. The zero-order valence-corrected chi connectivity index (χ0v) is 10.3. The van der Waals surface area contributed by atoms with Crippen LogP contribution in [0, 0.1) is 0 Å². The zero-order chi connectivity index (χ0) is 11.2. The van der Waals surface area contributed by atoms with E-state index in [1.165, 1.54) is 38.6 Å². The molecule has 0 atom stereocenters. The van der Waals surface area contributed by atoms with Crippen LogP contribution in [0.2, 0.25) is 0 Å². The van der Waals surface area contributed by atoms with Crippen LogP contribution < -0.4 is 0 Å². The molecule has 0 saturated heterocycles. The molecule has 0 fully saturated rings. The Bertz CT molecular complexity index is 728. The summed E-state index contributed by atoms with van der Waals surface area (Å²) < 4.78 is 0. The average Bonchev–Trinajstić information content (AvgIpc) is 2.86. The molecule has 0 N–H and O–H groups in total. The van der Waals surface area contributed by atoms with Gasteiger partial charge in [0.25, 0.3) is 0 Å². The summed E-state index contributed by atoms with van der Waals surface area (Å²) in [7, 11) is 0. The Morgan fingerprint density at radius 2 is 1.65 bits per heavy atom. The van der Waals surface area contributed by atoms with Gasteiger partial charge in [0, 0.05) is 10.6 Å². The van der Waals surface area contributed by atoms with Crippen molar-refractivity contribution in [2.24, 2.45) is 0 Å². The van der Waals surface area contributed by atoms with Gasteiger partial charge in [-0.15, -0.1) is 11.8 Å². The minimum atomic E-state index is 1.22. The fraction of sp³-hybridized carbons (Fsp3) is 0.125. The van der Waals surface area contributed by atoms with E-state index < -0.39 is 0 Å². The van der Waals surface area contributed by atoms with Crippen molar-refractivity contribution >= 4 is 33.3 Å². The van der Waals surface area contributed by atoms with Crippen LogP contribution in [-0.2, 0) is 6.42 Å². The van der Waals surface area contributed by atoms with E-state index >= 15 is 0 Å². The van der Waals surface area contributed by atoms with Gasteiger partial charge < -0.3 is 0 Å². The Morgan fingerprint density at radius 3 is 2.65 bits per heavy atom. The highest BCUT2D eigenvalue weighted by molar-refractivity contribution is 7.99. The monoisotopic (exact) mass is 236 g/mol. The molecule has 4 rings (SSSR count). The van der Waals surface area contributed by atoms with E-state index in [0.29, 0.717) is 0 Å². The number of hydrogen-bond acceptors (Lipinski definition) is 1. The molecule has 3 aromatic carbocycles. The summed E-state index contributed by atoms with van der Waals surface area (Å²) >= 11 is 1.99. The number of fused-ring (bicyclic) bond motifs is 5. The SMILES string of the molecule is c1ccc2c(c1)ccc1c3c(ccc12)SCC3. The lowest BCUT2D eigenvalue weighted by Gasteiger charge is -2.07. The molecule has 1 heterocycles. The highest BCUT2D eigenvalue weighted by Gasteiger charge is 2.14. The first-order valence-corrected chi connectivity index (χ1v) is 6.98. The van der Waals surface area contributed by atoms with E-state index in [-0.39, 0.29) is 0 Å². The molecule has 82 valence electrons. The maximum Gasteiger partial charge on any atom is 0.0111 e. The van der Waals surface area contributed by atoms with Gasteiger partial charge in [-0.25, -0.2) is 0 Å². The predicted octanol–water partition coefficient (Wildman–Crippen LogP) is 4.64. The van der Waals surface area contributed by atoms with Gasteiger partial charge in [-0.05, 0) is 39.6 Å². The molecule has 0 aromatic heterocycles. The van der Waals surface area contributed by atoms with Crippen LogP contribution in [0.1, 0.15) is 5.56 Å². The van der Waals surface area contributed by atoms with Gasteiger partial charge in [0.05, 0.1) is 0 Å². The van der Waals surface area contributed by atoms with Crippen LogP contribution in [0.4, 0.5) is 0 Å². The van der Waals surface area contributed by atoms with Crippen LogP contribution in [0.25, 0.3) is 21.5 Å². The predicted molar refractivity (Wildman–Crippen MR) is 75.9 cm³/mol. The summed E-state index contributed by atoms with van der Waals surface area (Å²) in [6.07, 6.45) is 1.22. The lowest BCUT2D eigenvalue weighted by Crippen LogP contribution is -1.85. The first-order chi connectivity index (χ1) is 8.43. The van der Waals surface area contributed by atoms with Crippen molar-refractivity contribution < 1.29 is 0 Å². The summed E-state index contributed by atoms with van der Waals surface area (Å²) in [5.41, 5.74) is 1.55. The van der Waals surface area contributed by atoms with Crippen LogP contribution in [0.15, 0.2) is 53.4 Å². The minimum absolute atomic E-state index is 1.22. The molecule has 0 spiro atoms. The Morgan fingerprint density at radius 1 is 0.765 bits per heavy atom. The molecule has 0 radical (unpaired) electrons. The standard InChI is InChI=1S/C16H12S/c1-2-4-12-11(3-1)5-6-14-13(12)7-8-16-15(14)9-10-17-16/h1-8H,9-10H2. The van der Waals surface area contributed by atoms with Gasteiger partial charge in [0.15, 0.2) is 0 Å². The lowest BCUT2D eigenvalue weighted by atomic mass is 9.97. The largest absolute Gasteiger partial charge is 0.126 e. The van der Waals surface area contributed by atoms with Crippen molar-refractivity contribution in [1.82, 2.24) is 0 Å². The maximum atomic E-state index is 2.29. The van der Waals surface area contributed by atoms with Gasteiger partial charge in [0.1, 0.15) is 0 Å². The highest BCUT2D eigenvalue weighted by atomic mass is 32.2. The quantitative estimate of drug-likeness (QED) is 0.512. The van der Waals surface area contributed by atoms with Crippen molar-refractivity contribution in [3.05, 3.63) is 54.1 Å². The van der Waals surface area contributed by atoms with E-state index in [1.807, 2.05) is 11.8 Å². The van der Waals surface area contributed by atoms with Gasteiger partial charge >= 0.3 is 0 Å². The molecule has 0 aliphatic carbocycles. The maximum absolute atomic E-state index is 2.29. The van der Waals surface area contributed by atoms with E-state index in [4.69, 9.17) is 0 Å². The minimum Gasteiger partial charge on any atom is -0.126 e. The topological polar surface area (TPSA) is 0 Å². The number of aryl methyl sites for hydroxylation is 1. The molecule has 1 aliphatic heterocycles. The molecule has 0 amide bonds. The second kappa shape index (κ2) is 3.51. The Kier molecular flexibility index (Phi) is 1.97. The second-order valence-electron chi connectivity index (χ2n) is 4.52. The van der Waals surface area contributed by atoms with E-state index in [9.17, 15) is 0 Å². The summed E-state index contributed by atoms with van der Waals surface area (Å²) in [4.78, 5) is 1.48. The lowest BCUT2D eigenvalue weighted by molar-refractivity contribution is 1.17. The molecule has 0 bridgehead atoms. The van der Waals surface area contributed by atoms with Gasteiger partial charge in [0.2, 0.25) is 0 Å². The number of hydrogen-bond donors (Lipinski definition) is 0. The van der Waals surface area contributed by atoms with Crippen molar-refractivity contribution in [2.75, 3.05) is 5.75 Å². The van der Waals surface area contributed by atoms with Crippen LogP contribution in [0.5, 0.6) is 0 Å². The van der Waals surface area contributed by atoms with Crippen molar-refractivity contribution in [3.63, 3.8) is 0 Å². The van der Waals surface area contributed by atoms with Crippen LogP contribution >= 0.6 is 11.8 Å². The van der Waals surface area contributed by atoms with Crippen LogP contribution in [0.3, 0.4) is 0 Å². The number of benzene rings is 3. The third-order valence-electron chi connectivity index (χ3n) is 3.60. The zero-order valence-electron chi connectivity index (χ0n) is 9.44. The molecular weight excluding hydrogens is 224 g/mol. The molecule has 1 aliphatic rings. The third-order valence-corrected chi connectivity index (χ3v) is 4.71. The Balaban J connectivity index is 2.22. The summed E-state index contributed by atoms with van der Waals surface area (Å²) in [5.74, 6) is 1.24. The summed E-state index contributed by atoms with van der Waals surface area (Å²) in [6, 6.07) is 17.8. The molecular formula is C16H12S. The summed E-state index contributed by atoms with van der Waals surface area (Å²) in [5, 5.41) is 5.57. The normalized spacial score (nSPS) is 14.4. The van der Waals surface area contributed by atoms with Crippen molar-refractivity contribution in [1.29, 1.82) is 0 Å². The molecule has 1 heteroatoms. The molecule has 17 heavy (non-hydrogen) atoms. The van der Waals surface area contributed by atoms with Gasteiger partial charge in [-0.3, -0.25) is 0 Å². The first-order valence-electron chi connectivity index (χ1n) is 6.00. The molecule has 0 unspecified atom stereocenters. The first kappa shape index (κ1) is 9.55. The Hall–Kier alpha value is -1.47. The molecule has 0 nitrogen and oxygen atoms in total. The number of rotatable bonds is 0. The second-order valence-corrected chi connectivity index (χ2v) is 5.66. The molecule has 0 saturated carbocycles. The van der Waals surface area contributed by atoms with Crippen molar-refractivity contribution in [2.45, 2.75) is 11.3 Å². The van der Waals surface area contributed by atoms with Gasteiger partial charge in [-0.2, -0.15) is 0 Å². The molecule has 3 aromatic rings. The smallest absolute Gasteiger partial charge is 0.0111 e. The fourth-order valence-electron chi connectivity index (χ4n) is 2.79. The van der Waals surface area contributed by atoms with E-state index in [2.05, 4.69) is 48.5 Å². The summed E-state index contributed by atoms with van der Waals surface area (Å²) in [6.45, 7) is 0.